The third kappa shape index (κ3) is 7.81. The molecule has 2 aromatic rings. The summed E-state index contributed by atoms with van der Waals surface area (Å²) in [5.74, 6) is 0.708. The van der Waals surface area contributed by atoms with Crippen LogP contribution in [-0.4, -0.2) is 35.2 Å². The first-order valence-corrected chi connectivity index (χ1v) is 11.1. The van der Waals surface area contributed by atoms with Crippen molar-refractivity contribution in [2.24, 2.45) is 0 Å². The molecule has 0 spiro atoms. The van der Waals surface area contributed by atoms with Gasteiger partial charge in [-0.2, -0.15) is 0 Å². The molecule has 0 aromatic heterocycles. The normalized spacial score (nSPS) is 11.9. The standard InChI is InChI=1S/C19H19Cl3IN3O3S/c1-28-14-8-3-11(9-15(14)29-2)10-16(27)25-17(19(20,21)22)26-18(30)24-13-6-4-12(23)5-7-13/h3-9,17H,10H2,1-2H3,(H,25,27)(H2,24,26,30)/t17-/m0/s1. The maximum Gasteiger partial charge on any atom is 0.228 e. The molecule has 0 radical (unpaired) electrons. The fourth-order valence-corrected chi connectivity index (χ4v) is 3.34. The number of alkyl halides is 3. The molecule has 30 heavy (non-hydrogen) atoms. The van der Waals surface area contributed by atoms with E-state index in [0.717, 1.165) is 9.26 Å². The summed E-state index contributed by atoms with van der Waals surface area (Å²) in [6.07, 6.45) is -1.02. The number of benzene rings is 2. The molecule has 2 aromatic carbocycles. The molecule has 11 heteroatoms. The van der Waals surface area contributed by atoms with Gasteiger partial charge >= 0.3 is 0 Å². The van der Waals surface area contributed by atoms with E-state index in [1.165, 1.54) is 14.2 Å². The van der Waals surface area contributed by atoms with Crippen molar-refractivity contribution in [2.75, 3.05) is 19.5 Å². The van der Waals surface area contributed by atoms with Crippen LogP contribution >= 0.6 is 69.6 Å². The van der Waals surface area contributed by atoms with E-state index in [1.54, 1.807) is 18.2 Å². The minimum absolute atomic E-state index is 0.0383. The monoisotopic (exact) mass is 601 g/mol. The summed E-state index contributed by atoms with van der Waals surface area (Å²) < 4.78 is 9.69. The summed E-state index contributed by atoms with van der Waals surface area (Å²) in [7, 11) is 3.06. The zero-order valence-electron chi connectivity index (χ0n) is 16.0. The van der Waals surface area contributed by atoms with Gasteiger partial charge in [0.1, 0.15) is 6.17 Å². The van der Waals surface area contributed by atoms with Crippen LogP contribution in [0.4, 0.5) is 5.69 Å². The van der Waals surface area contributed by atoms with Gasteiger partial charge in [-0.1, -0.05) is 40.9 Å². The molecule has 0 saturated carbocycles. The van der Waals surface area contributed by atoms with E-state index >= 15 is 0 Å². The zero-order chi connectivity index (χ0) is 22.3. The minimum Gasteiger partial charge on any atom is -0.493 e. The Morgan fingerprint density at radius 2 is 1.70 bits per heavy atom. The van der Waals surface area contributed by atoms with Gasteiger partial charge in [0.15, 0.2) is 16.6 Å². The fourth-order valence-electron chi connectivity index (χ4n) is 2.42. The van der Waals surface area contributed by atoms with E-state index in [9.17, 15) is 4.79 Å². The van der Waals surface area contributed by atoms with Crippen molar-refractivity contribution in [1.82, 2.24) is 10.6 Å². The van der Waals surface area contributed by atoms with Crippen LogP contribution in [0.3, 0.4) is 0 Å². The van der Waals surface area contributed by atoms with Crippen LogP contribution in [0.2, 0.25) is 0 Å². The van der Waals surface area contributed by atoms with E-state index < -0.39 is 9.96 Å². The highest BCUT2D eigenvalue weighted by Gasteiger charge is 2.34. The van der Waals surface area contributed by atoms with Crippen molar-refractivity contribution >= 4 is 86.3 Å². The number of halogens is 4. The number of methoxy groups -OCH3 is 2. The lowest BCUT2D eigenvalue weighted by Crippen LogP contribution is -2.56. The van der Waals surface area contributed by atoms with Gasteiger partial charge in [0.2, 0.25) is 9.70 Å². The third-order valence-corrected chi connectivity index (χ3v) is 5.42. The van der Waals surface area contributed by atoms with E-state index in [2.05, 4.69) is 38.5 Å². The SMILES string of the molecule is COc1ccc(CC(=O)N[C@@H](NC(=S)Nc2ccc(I)cc2)C(Cl)(Cl)Cl)cc1OC. The number of ether oxygens (including phenoxy) is 2. The van der Waals surface area contributed by atoms with Crippen molar-refractivity contribution in [3.63, 3.8) is 0 Å². The fraction of sp³-hybridized carbons (Fsp3) is 0.263. The van der Waals surface area contributed by atoms with Gasteiger partial charge in [-0.3, -0.25) is 4.79 Å². The van der Waals surface area contributed by atoms with Crippen LogP contribution < -0.4 is 25.4 Å². The van der Waals surface area contributed by atoms with Crippen LogP contribution in [0.1, 0.15) is 5.56 Å². The average molecular weight is 603 g/mol. The molecule has 1 atom stereocenters. The zero-order valence-corrected chi connectivity index (χ0v) is 21.2. The molecule has 0 aliphatic carbocycles. The maximum atomic E-state index is 12.5. The number of thiocarbonyl (C=S) groups is 1. The molecular formula is C19H19Cl3IN3O3S. The van der Waals surface area contributed by atoms with Gasteiger partial charge in [-0.05, 0) is 76.8 Å². The number of amides is 1. The van der Waals surface area contributed by atoms with Crippen molar-refractivity contribution < 1.29 is 14.3 Å². The first-order valence-electron chi connectivity index (χ1n) is 8.52. The molecule has 1 amide bonds. The lowest BCUT2D eigenvalue weighted by molar-refractivity contribution is -0.121. The quantitative estimate of drug-likeness (QED) is 0.186. The summed E-state index contributed by atoms with van der Waals surface area (Å²) in [4.78, 5) is 12.5. The Labute approximate surface area is 209 Å². The maximum absolute atomic E-state index is 12.5. The Morgan fingerprint density at radius 1 is 1.07 bits per heavy atom. The number of hydrogen-bond donors (Lipinski definition) is 3. The minimum atomic E-state index is -1.84. The summed E-state index contributed by atoms with van der Waals surface area (Å²) in [6.45, 7) is 0. The molecule has 0 saturated heterocycles. The smallest absolute Gasteiger partial charge is 0.228 e. The van der Waals surface area contributed by atoms with Gasteiger partial charge in [0.05, 0.1) is 20.6 Å². The highest BCUT2D eigenvalue weighted by Crippen LogP contribution is 2.30. The predicted molar refractivity (Wildman–Crippen MR) is 134 cm³/mol. The predicted octanol–water partition coefficient (Wildman–Crippen LogP) is 4.65. The Bertz CT molecular complexity index is 895. The van der Waals surface area contributed by atoms with Gasteiger partial charge in [0.25, 0.3) is 0 Å². The first kappa shape index (κ1) is 25.1. The molecule has 6 nitrogen and oxygen atoms in total. The van der Waals surface area contributed by atoms with Gasteiger partial charge in [-0.25, -0.2) is 0 Å². The second-order valence-electron chi connectivity index (χ2n) is 6.01. The molecule has 3 N–H and O–H groups in total. The van der Waals surface area contributed by atoms with Crippen molar-refractivity contribution in [3.8, 4) is 11.5 Å². The van der Waals surface area contributed by atoms with Crippen molar-refractivity contribution in [2.45, 2.75) is 16.4 Å². The lowest BCUT2D eigenvalue weighted by Gasteiger charge is -2.28. The third-order valence-electron chi connectivity index (χ3n) is 3.82. The van der Waals surface area contributed by atoms with E-state index in [4.69, 9.17) is 56.5 Å². The van der Waals surface area contributed by atoms with Crippen LogP contribution in [0, 0.1) is 3.57 Å². The summed E-state index contributed by atoms with van der Waals surface area (Å²) in [5, 5.41) is 8.65. The summed E-state index contributed by atoms with van der Waals surface area (Å²) in [6, 6.07) is 12.7. The Hall–Kier alpha value is -1.20. The van der Waals surface area contributed by atoms with E-state index in [0.29, 0.717) is 17.1 Å². The van der Waals surface area contributed by atoms with Crippen LogP contribution in [0.25, 0.3) is 0 Å². The summed E-state index contributed by atoms with van der Waals surface area (Å²) >= 11 is 25.6. The molecule has 2 rings (SSSR count). The molecule has 0 heterocycles. The highest BCUT2D eigenvalue weighted by atomic mass is 127. The average Bonchev–Trinajstić information content (AvgIpc) is 2.68. The molecule has 0 aliphatic rings. The van der Waals surface area contributed by atoms with Crippen LogP contribution in [0.15, 0.2) is 42.5 Å². The van der Waals surface area contributed by atoms with E-state index in [-0.39, 0.29) is 17.4 Å². The van der Waals surface area contributed by atoms with Crippen molar-refractivity contribution in [3.05, 3.63) is 51.6 Å². The second-order valence-corrected chi connectivity index (χ2v) is 10.0. The Morgan fingerprint density at radius 3 is 2.27 bits per heavy atom. The number of anilines is 1. The number of nitrogens with one attached hydrogen (secondary N) is 3. The number of rotatable bonds is 7. The lowest BCUT2D eigenvalue weighted by atomic mass is 10.1. The van der Waals surface area contributed by atoms with Gasteiger partial charge in [-0.15, -0.1) is 0 Å². The van der Waals surface area contributed by atoms with E-state index in [1.807, 2.05) is 24.3 Å². The Kier molecular flexibility index (Phi) is 9.55. The van der Waals surface area contributed by atoms with Gasteiger partial charge < -0.3 is 25.4 Å². The van der Waals surface area contributed by atoms with Gasteiger partial charge in [0, 0.05) is 9.26 Å². The summed E-state index contributed by atoms with van der Waals surface area (Å²) in [5.41, 5.74) is 1.46. The molecular weight excluding hydrogens is 584 g/mol. The molecule has 0 unspecified atom stereocenters. The number of hydrogen-bond acceptors (Lipinski definition) is 4. The van der Waals surface area contributed by atoms with Crippen molar-refractivity contribution in [1.29, 1.82) is 0 Å². The Balaban J connectivity index is 2.02. The topological polar surface area (TPSA) is 71.6 Å². The second kappa shape index (κ2) is 11.4. The highest BCUT2D eigenvalue weighted by molar-refractivity contribution is 14.1. The molecule has 0 fully saturated rings. The number of carbonyl (C=O) groups is 1. The molecule has 0 aliphatic heterocycles. The van der Waals surface area contributed by atoms with Crippen LogP contribution in [-0.2, 0) is 11.2 Å². The number of carbonyl (C=O) groups excluding carboxylic acids is 1. The molecule has 162 valence electrons. The molecule has 0 bridgehead atoms. The van der Waals surface area contributed by atoms with Crippen LogP contribution in [0.5, 0.6) is 11.5 Å². The first-order chi connectivity index (χ1) is 14.1. The largest absolute Gasteiger partial charge is 0.493 e.